The van der Waals surface area contributed by atoms with Crippen LogP contribution in [0.15, 0.2) is 48.5 Å². The molecule has 3 rings (SSSR count). The molecule has 0 aliphatic carbocycles. The lowest BCUT2D eigenvalue weighted by molar-refractivity contribution is -0.120. The molecule has 1 atom stereocenters. The number of nitrogens with zero attached hydrogens (tertiary/aromatic N) is 1. The van der Waals surface area contributed by atoms with Crippen molar-refractivity contribution in [2.45, 2.75) is 38.6 Å². The zero-order chi connectivity index (χ0) is 22.4. The quantitative estimate of drug-likeness (QED) is 0.764. The van der Waals surface area contributed by atoms with Gasteiger partial charge in [-0.15, -0.1) is 0 Å². The second kappa shape index (κ2) is 9.96. The van der Waals surface area contributed by atoms with E-state index >= 15 is 0 Å². The smallest absolute Gasteiger partial charge is 0.318 e. The van der Waals surface area contributed by atoms with Crippen LogP contribution in [0.5, 0.6) is 5.75 Å². The number of ether oxygens (including phenoxy) is 2. The third-order valence-electron chi connectivity index (χ3n) is 5.54. The summed E-state index contributed by atoms with van der Waals surface area (Å²) >= 11 is 0. The Kier molecular flexibility index (Phi) is 7.33. The average molecular weight is 425 g/mol. The van der Waals surface area contributed by atoms with Crippen molar-refractivity contribution in [3.8, 4) is 5.75 Å². The van der Waals surface area contributed by atoms with Crippen molar-refractivity contribution in [3.05, 3.63) is 65.2 Å². The number of carbonyl (C=O) groups excluding carboxylic acids is 2. The van der Waals surface area contributed by atoms with E-state index in [1.807, 2.05) is 24.3 Å². The van der Waals surface area contributed by atoms with Crippen LogP contribution >= 0.6 is 0 Å². The molecule has 31 heavy (non-hydrogen) atoms. The molecule has 166 valence electrons. The first kappa shape index (κ1) is 22.8. The zero-order valence-electron chi connectivity index (χ0n) is 18.8. The van der Waals surface area contributed by atoms with Crippen LogP contribution in [-0.4, -0.2) is 50.1 Å². The molecule has 0 radical (unpaired) electrons. The van der Waals surface area contributed by atoms with Gasteiger partial charge in [0, 0.05) is 19.5 Å². The van der Waals surface area contributed by atoms with Crippen LogP contribution in [-0.2, 0) is 21.4 Å². The maximum atomic E-state index is 13.3. The summed E-state index contributed by atoms with van der Waals surface area (Å²) < 4.78 is 10.5. The number of Topliss-reactive ketones (excluding diaryl/α,β-unsaturated/α-hetero) is 1. The minimum atomic E-state index is -0.733. The largest absolute Gasteiger partial charge is 0.497 e. The van der Waals surface area contributed by atoms with Gasteiger partial charge in [-0.1, -0.05) is 57.2 Å². The van der Waals surface area contributed by atoms with E-state index in [0.717, 1.165) is 11.1 Å². The summed E-state index contributed by atoms with van der Waals surface area (Å²) in [5, 5.41) is 2.94. The van der Waals surface area contributed by atoms with Gasteiger partial charge in [0.05, 0.1) is 20.3 Å². The normalized spacial score (nSPS) is 15.3. The highest BCUT2D eigenvalue weighted by atomic mass is 16.5. The number of benzene rings is 2. The van der Waals surface area contributed by atoms with Gasteiger partial charge in [-0.2, -0.15) is 0 Å². The summed E-state index contributed by atoms with van der Waals surface area (Å²) in [6.45, 7) is 8.53. The Morgan fingerprint density at radius 3 is 2.19 bits per heavy atom. The van der Waals surface area contributed by atoms with Crippen molar-refractivity contribution >= 4 is 11.8 Å². The zero-order valence-corrected chi connectivity index (χ0v) is 18.8. The van der Waals surface area contributed by atoms with Gasteiger partial charge >= 0.3 is 6.03 Å². The van der Waals surface area contributed by atoms with Gasteiger partial charge in [0.25, 0.3) is 0 Å². The lowest BCUT2D eigenvalue weighted by Crippen LogP contribution is -2.48. The van der Waals surface area contributed by atoms with E-state index in [9.17, 15) is 9.59 Å². The number of urea groups is 1. The molecule has 1 aliphatic rings. The second-order valence-corrected chi connectivity index (χ2v) is 8.85. The first-order valence-electron chi connectivity index (χ1n) is 10.7. The van der Waals surface area contributed by atoms with Crippen LogP contribution in [0.25, 0.3) is 0 Å². The number of rotatable bonds is 6. The number of carbonyl (C=O) groups is 2. The number of ketones is 1. The molecule has 2 amide bonds. The molecule has 1 aliphatic heterocycles. The Hall–Kier alpha value is -2.86. The van der Waals surface area contributed by atoms with Crippen LogP contribution in [0, 0.1) is 0 Å². The van der Waals surface area contributed by atoms with E-state index in [1.165, 1.54) is 5.56 Å². The highest BCUT2D eigenvalue weighted by Crippen LogP contribution is 2.24. The van der Waals surface area contributed by atoms with Crippen LogP contribution in [0.1, 0.15) is 43.5 Å². The SMILES string of the molecule is COc1ccc(C(NC(=O)N2CCOCC2)C(=O)Cc2ccc(C(C)(C)C)cc2)cc1. The van der Waals surface area contributed by atoms with Crippen molar-refractivity contribution in [1.82, 2.24) is 10.2 Å². The lowest BCUT2D eigenvalue weighted by Gasteiger charge is -2.29. The summed E-state index contributed by atoms with van der Waals surface area (Å²) in [6.07, 6.45) is 0.241. The summed E-state index contributed by atoms with van der Waals surface area (Å²) in [5.41, 5.74) is 2.94. The van der Waals surface area contributed by atoms with E-state index in [2.05, 4.69) is 38.2 Å². The predicted octanol–water partition coefficient (Wildman–Crippen LogP) is 3.89. The van der Waals surface area contributed by atoms with E-state index in [1.54, 1.807) is 24.1 Å². The Morgan fingerprint density at radius 2 is 1.65 bits per heavy atom. The number of morpholine rings is 1. The maximum absolute atomic E-state index is 13.3. The number of nitrogens with one attached hydrogen (secondary N) is 1. The second-order valence-electron chi connectivity index (χ2n) is 8.85. The third-order valence-corrected chi connectivity index (χ3v) is 5.54. The summed E-state index contributed by atoms with van der Waals surface area (Å²) in [4.78, 5) is 27.8. The fourth-order valence-corrected chi connectivity index (χ4v) is 3.55. The average Bonchev–Trinajstić information content (AvgIpc) is 2.77. The van der Waals surface area contributed by atoms with E-state index in [4.69, 9.17) is 9.47 Å². The molecule has 2 aromatic carbocycles. The van der Waals surface area contributed by atoms with Crippen molar-refractivity contribution in [1.29, 1.82) is 0 Å². The van der Waals surface area contributed by atoms with Gasteiger partial charge in [0.15, 0.2) is 5.78 Å². The molecule has 6 heteroatoms. The number of hydrogen-bond acceptors (Lipinski definition) is 4. The molecule has 1 heterocycles. The number of amides is 2. The van der Waals surface area contributed by atoms with Gasteiger partial charge in [-0.25, -0.2) is 4.79 Å². The molecular formula is C25H32N2O4. The molecule has 0 aromatic heterocycles. The Bertz CT molecular complexity index is 879. The van der Waals surface area contributed by atoms with Gasteiger partial charge < -0.3 is 19.7 Å². The van der Waals surface area contributed by atoms with Gasteiger partial charge in [0.1, 0.15) is 11.8 Å². The fourth-order valence-electron chi connectivity index (χ4n) is 3.55. The maximum Gasteiger partial charge on any atom is 0.318 e. The topological polar surface area (TPSA) is 67.9 Å². The molecule has 0 bridgehead atoms. The van der Waals surface area contributed by atoms with Crippen LogP contribution in [0.2, 0.25) is 0 Å². The standard InChI is InChI=1S/C25H32N2O4/c1-25(2,3)20-9-5-18(6-10-20)17-22(28)23(19-7-11-21(30-4)12-8-19)26-24(29)27-13-15-31-16-14-27/h5-12,23H,13-17H2,1-4H3,(H,26,29). The van der Waals surface area contributed by atoms with Crippen LogP contribution in [0.4, 0.5) is 4.79 Å². The molecule has 1 unspecified atom stereocenters. The Balaban J connectivity index is 1.78. The van der Waals surface area contributed by atoms with E-state index in [-0.39, 0.29) is 23.7 Å². The molecule has 1 saturated heterocycles. The summed E-state index contributed by atoms with van der Waals surface area (Å²) in [7, 11) is 1.60. The summed E-state index contributed by atoms with van der Waals surface area (Å²) in [6, 6.07) is 14.4. The lowest BCUT2D eigenvalue weighted by atomic mass is 9.86. The first-order valence-corrected chi connectivity index (χ1v) is 10.7. The molecule has 6 nitrogen and oxygen atoms in total. The van der Waals surface area contributed by atoms with Gasteiger partial charge in [0.2, 0.25) is 0 Å². The van der Waals surface area contributed by atoms with Crippen LogP contribution < -0.4 is 10.1 Å². The fraction of sp³-hybridized carbons (Fsp3) is 0.440. The monoisotopic (exact) mass is 424 g/mol. The Morgan fingerprint density at radius 1 is 1.03 bits per heavy atom. The molecular weight excluding hydrogens is 392 g/mol. The molecule has 2 aromatic rings. The van der Waals surface area contributed by atoms with Crippen molar-refractivity contribution in [2.75, 3.05) is 33.4 Å². The molecule has 0 spiro atoms. The van der Waals surface area contributed by atoms with E-state index in [0.29, 0.717) is 32.1 Å². The van der Waals surface area contributed by atoms with Crippen molar-refractivity contribution in [2.24, 2.45) is 0 Å². The predicted molar refractivity (Wildman–Crippen MR) is 121 cm³/mol. The first-order chi connectivity index (χ1) is 14.8. The summed E-state index contributed by atoms with van der Waals surface area (Å²) in [5.74, 6) is 0.641. The molecule has 1 N–H and O–H groups in total. The highest BCUT2D eigenvalue weighted by molar-refractivity contribution is 5.91. The Labute approximate surface area is 184 Å². The molecule has 0 saturated carbocycles. The molecule has 1 fully saturated rings. The van der Waals surface area contributed by atoms with E-state index < -0.39 is 6.04 Å². The van der Waals surface area contributed by atoms with Crippen molar-refractivity contribution < 1.29 is 19.1 Å². The third kappa shape index (κ3) is 6.07. The minimum Gasteiger partial charge on any atom is -0.497 e. The van der Waals surface area contributed by atoms with Crippen molar-refractivity contribution in [3.63, 3.8) is 0 Å². The minimum absolute atomic E-state index is 0.0559. The van der Waals surface area contributed by atoms with Gasteiger partial charge in [-0.3, -0.25) is 4.79 Å². The van der Waals surface area contributed by atoms with Gasteiger partial charge in [-0.05, 0) is 34.2 Å². The number of hydrogen-bond donors (Lipinski definition) is 1. The van der Waals surface area contributed by atoms with Crippen LogP contribution in [0.3, 0.4) is 0 Å². The highest BCUT2D eigenvalue weighted by Gasteiger charge is 2.26. The number of methoxy groups -OCH3 is 1.